The molecular formula is C13H13N3O2. The predicted molar refractivity (Wildman–Crippen MR) is 69.4 cm³/mol. The van der Waals surface area contributed by atoms with Gasteiger partial charge in [-0.3, -0.25) is 0 Å². The molecule has 0 aliphatic carbocycles. The van der Waals surface area contributed by atoms with Crippen LogP contribution in [-0.4, -0.2) is 16.8 Å². The molecule has 5 heteroatoms. The van der Waals surface area contributed by atoms with Crippen molar-refractivity contribution < 1.29 is 9.26 Å². The summed E-state index contributed by atoms with van der Waals surface area (Å²) in [6, 6.07) is 9.67. The first-order chi connectivity index (χ1) is 8.69. The number of anilines is 1. The normalized spacial score (nSPS) is 11.0. The molecule has 0 saturated heterocycles. The lowest BCUT2D eigenvalue weighted by atomic mass is 10.2. The average Bonchev–Trinajstić information content (AvgIpc) is 2.93. The predicted octanol–water partition coefficient (Wildman–Crippen LogP) is 2.42. The summed E-state index contributed by atoms with van der Waals surface area (Å²) >= 11 is 0. The van der Waals surface area contributed by atoms with Crippen LogP contribution in [-0.2, 0) is 7.05 Å². The molecular weight excluding hydrogens is 230 g/mol. The Kier molecular flexibility index (Phi) is 2.26. The van der Waals surface area contributed by atoms with Crippen LogP contribution in [0.25, 0.3) is 22.4 Å². The third-order valence-corrected chi connectivity index (χ3v) is 3.03. The number of ether oxygens (including phenoxy) is 1. The van der Waals surface area contributed by atoms with Gasteiger partial charge in [0.1, 0.15) is 5.75 Å². The Hall–Kier alpha value is -2.43. The number of fused-ring (bicyclic) bond motifs is 1. The second-order valence-electron chi connectivity index (χ2n) is 4.13. The van der Waals surface area contributed by atoms with E-state index >= 15 is 0 Å². The van der Waals surface area contributed by atoms with Crippen LogP contribution in [0.2, 0.25) is 0 Å². The van der Waals surface area contributed by atoms with E-state index in [1.165, 1.54) is 0 Å². The molecule has 0 radical (unpaired) electrons. The van der Waals surface area contributed by atoms with Crippen molar-refractivity contribution in [3.63, 3.8) is 0 Å². The number of aromatic nitrogens is 2. The number of methoxy groups -OCH3 is 1. The molecule has 0 atom stereocenters. The molecule has 3 aromatic rings. The van der Waals surface area contributed by atoms with Gasteiger partial charge in [-0.25, -0.2) is 0 Å². The van der Waals surface area contributed by atoms with E-state index < -0.39 is 0 Å². The zero-order valence-corrected chi connectivity index (χ0v) is 10.2. The van der Waals surface area contributed by atoms with Crippen molar-refractivity contribution in [3.05, 3.63) is 30.3 Å². The maximum absolute atomic E-state index is 5.57. The first-order valence-corrected chi connectivity index (χ1v) is 5.55. The van der Waals surface area contributed by atoms with Crippen LogP contribution in [0.4, 0.5) is 5.82 Å². The first-order valence-electron chi connectivity index (χ1n) is 5.55. The van der Waals surface area contributed by atoms with Crippen molar-refractivity contribution in [1.82, 2.24) is 9.72 Å². The Morgan fingerprint density at radius 3 is 2.78 bits per heavy atom. The largest absolute Gasteiger partial charge is 0.497 e. The van der Waals surface area contributed by atoms with Gasteiger partial charge in [0.25, 0.3) is 0 Å². The molecule has 2 aromatic heterocycles. The summed E-state index contributed by atoms with van der Waals surface area (Å²) in [4.78, 5) is 0. The standard InChI is InChI=1S/C13H13N3O2/c1-16-10-4-3-9(17-2)5-8(10)6-11(16)12-7-13(14)15-18-12/h3-7H,1-2H3,(H2,14,15). The second kappa shape index (κ2) is 3.80. The molecule has 3 rings (SSSR count). The summed E-state index contributed by atoms with van der Waals surface area (Å²) in [5.41, 5.74) is 7.60. The number of hydrogen-bond donors (Lipinski definition) is 1. The van der Waals surface area contributed by atoms with E-state index in [0.29, 0.717) is 11.6 Å². The topological polar surface area (TPSA) is 66.2 Å². The zero-order valence-electron chi connectivity index (χ0n) is 10.2. The van der Waals surface area contributed by atoms with Gasteiger partial charge < -0.3 is 19.6 Å². The molecule has 1 aromatic carbocycles. The van der Waals surface area contributed by atoms with Crippen molar-refractivity contribution in [2.45, 2.75) is 0 Å². The molecule has 92 valence electrons. The molecule has 2 heterocycles. The van der Waals surface area contributed by atoms with E-state index in [4.69, 9.17) is 15.0 Å². The van der Waals surface area contributed by atoms with Crippen molar-refractivity contribution >= 4 is 16.7 Å². The van der Waals surface area contributed by atoms with E-state index in [1.807, 2.05) is 35.9 Å². The minimum Gasteiger partial charge on any atom is -0.497 e. The van der Waals surface area contributed by atoms with Gasteiger partial charge in [0.05, 0.1) is 12.8 Å². The number of nitrogens with zero attached hydrogens (tertiary/aromatic N) is 2. The monoisotopic (exact) mass is 243 g/mol. The van der Waals surface area contributed by atoms with Gasteiger partial charge in [-0.1, -0.05) is 5.16 Å². The molecule has 0 aliphatic heterocycles. The third kappa shape index (κ3) is 1.52. The fraction of sp³-hybridized carbons (Fsp3) is 0.154. The lowest BCUT2D eigenvalue weighted by Gasteiger charge is -2.01. The quantitative estimate of drug-likeness (QED) is 0.750. The third-order valence-electron chi connectivity index (χ3n) is 3.03. The summed E-state index contributed by atoms with van der Waals surface area (Å²) in [5.74, 6) is 1.87. The molecule has 0 fully saturated rings. The number of hydrogen-bond acceptors (Lipinski definition) is 4. The van der Waals surface area contributed by atoms with Crippen LogP contribution in [0.3, 0.4) is 0 Å². The van der Waals surface area contributed by atoms with Gasteiger partial charge in [0.15, 0.2) is 11.6 Å². The summed E-state index contributed by atoms with van der Waals surface area (Å²) in [7, 11) is 3.63. The molecule has 0 aliphatic rings. The Labute approximate surface area is 104 Å². The van der Waals surface area contributed by atoms with Crippen LogP contribution in [0.15, 0.2) is 34.9 Å². The van der Waals surface area contributed by atoms with E-state index in [1.54, 1.807) is 13.2 Å². The molecule has 2 N–H and O–H groups in total. The molecule has 18 heavy (non-hydrogen) atoms. The fourth-order valence-electron chi connectivity index (χ4n) is 2.10. The number of benzene rings is 1. The number of aryl methyl sites for hydroxylation is 1. The van der Waals surface area contributed by atoms with Crippen LogP contribution in [0, 0.1) is 0 Å². The summed E-state index contributed by atoms with van der Waals surface area (Å²) < 4.78 is 12.4. The van der Waals surface area contributed by atoms with Gasteiger partial charge in [-0.05, 0) is 24.3 Å². The summed E-state index contributed by atoms with van der Waals surface area (Å²) in [5, 5.41) is 4.79. The molecule has 0 unspecified atom stereocenters. The fourth-order valence-corrected chi connectivity index (χ4v) is 2.10. The molecule has 0 spiro atoms. The van der Waals surface area contributed by atoms with Gasteiger partial charge >= 0.3 is 0 Å². The number of rotatable bonds is 2. The zero-order chi connectivity index (χ0) is 12.7. The van der Waals surface area contributed by atoms with Gasteiger partial charge in [-0.2, -0.15) is 0 Å². The van der Waals surface area contributed by atoms with Crippen LogP contribution in [0.1, 0.15) is 0 Å². The highest BCUT2D eigenvalue weighted by Crippen LogP contribution is 2.30. The van der Waals surface area contributed by atoms with Gasteiger partial charge in [-0.15, -0.1) is 0 Å². The highest BCUT2D eigenvalue weighted by Gasteiger charge is 2.12. The summed E-state index contributed by atoms with van der Waals surface area (Å²) in [6.45, 7) is 0. The molecule has 5 nitrogen and oxygen atoms in total. The van der Waals surface area contributed by atoms with Crippen molar-refractivity contribution in [3.8, 4) is 17.2 Å². The SMILES string of the molecule is COc1ccc2c(c1)cc(-c1cc(N)no1)n2C. The van der Waals surface area contributed by atoms with E-state index in [9.17, 15) is 0 Å². The van der Waals surface area contributed by atoms with E-state index in [0.717, 1.165) is 22.3 Å². The Balaban J connectivity index is 2.22. The van der Waals surface area contributed by atoms with Crippen molar-refractivity contribution in [1.29, 1.82) is 0 Å². The number of nitrogens with two attached hydrogens (primary N) is 1. The highest BCUT2D eigenvalue weighted by atomic mass is 16.5. The number of nitrogen functional groups attached to an aromatic ring is 1. The van der Waals surface area contributed by atoms with Crippen LogP contribution < -0.4 is 10.5 Å². The van der Waals surface area contributed by atoms with Crippen LogP contribution >= 0.6 is 0 Å². The van der Waals surface area contributed by atoms with Gasteiger partial charge in [0.2, 0.25) is 0 Å². The van der Waals surface area contributed by atoms with Crippen molar-refractivity contribution in [2.75, 3.05) is 12.8 Å². The minimum atomic E-state index is 0.382. The smallest absolute Gasteiger partial charge is 0.185 e. The lowest BCUT2D eigenvalue weighted by molar-refractivity contribution is 0.415. The minimum absolute atomic E-state index is 0.382. The Bertz CT molecular complexity index is 712. The highest BCUT2D eigenvalue weighted by molar-refractivity contribution is 5.87. The van der Waals surface area contributed by atoms with Gasteiger partial charge in [0, 0.05) is 24.0 Å². The maximum Gasteiger partial charge on any atom is 0.185 e. The average molecular weight is 243 g/mol. The maximum atomic E-state index is 5.57. The van der Waals surface area contributed by atoms with E-state index in [-0.39, 0.29) is 0 Å². The van der Waals surface area contributed by atoms with Crippen LogP contribution in [0.5, 0.6) is 5.75 Å². The lowest BCUT2D eigenvalue weighted by Crippen LogP contribution is -1.90. The summed E-state index contributed by atoms with van der Waals surface area (Å²) in [6.07, 6.45) is 0. The molecule has 0 saturated carbocycles. The molecule has 0 amide bonds. The Morgan fingerprint density at radius 1 is 1.28 bits per heavy atom. The first kappa shape index (κ1) is 10.7. The van der Waals surface area contributed by atoms with Crippen molar-refractivity contribution in [2.24, 2.45) is 7.05 Å². The second-order valence-corrected chi connectivity index (χ2v) is 4.13. The molecule has 0 bridgehead atoms. The Morgan fingerprint density at radius 2 is 2.11 bits per heavy atom. The van der Waals surface area contributed by atoms with E-state index in [2.05, 4.69) is 5.16 Å².